The SMILES string of the molecule is CC1(C)C(=O)NC(=O)CN1S(=O)(=O)CCS(C)(=O)=O. The predicted octanol–water partition coefficient (Wildman–Crippen LogP) is -1.90. The van der Waals surface area contributed by atoms with Crippen LogP contribution in [0.25, 0.3) is 0 Å². The molecule has 0 spiro atoms. The van der Waals surface area contributed by atoms with Crippen LogP contribution in [0.5, 0.6) is 0 Å². The van der Waals surface area contributed by atoms with Crippen LogP contribution in [0.1, 0.15) is 13.8 Å². The largest absolute Gasteiger partial charge is 0.294 e. The van der Waals surface area contributed by atoms with E-state index in [9.17, 15) is 26.4 Å². The van der Waals surface area contributed by atoms with Crippen molar-refractivity contribution < 1.29 is 26.4 Å². The summed E-state index contributed by atoms with van der Waals surface area (Å²) in [5.41, 5.74) is -1.43. The van der Waals surface area contributed by atoms with Gasteiger partial charge in [0.25, 0.3) is 0 Å². The third kappa shape index (κ3) is 3.74. The molecule has 0 bridgehead atoms. The molecule has 0 atom stereocenters. The summed E-state index contributed by atoms with van der Waals surface area (Å²) in [5.74, 6) is -2.67. The number of piperazine rings is 1. The molecule has 1 saturated heterocycles. The predicted molar refractivity (Wildman–Crippen MR) is 67.4 cm³/mol. The molecule has 110 valence electrons. The van der Waals surface area contributed by atoms with Crippen LogP contribution in [0.2, 0.25) is 0 Å². The zero-order valence-corrected chi connectivity index (χ0v) is 12.5. The highest BCUT2D eigenvalue weighted by molar-refractivity contribution is 7.93. The number of sulfone groups is 1. The maximum Gasteiger partial charge on any atom is 0.247 e. The quantitative estimate of drug-likeness (QED) is 0.606. The van der Waals surface area contributed by atoms with E-state index in [0.29, 0.717) is 0 Å². The summed E-state index contributed by atoms with van der Waals surface area (Å²) in [6.07, 6.45) is 0.918. The normalized spacial score (nSPS) is 21.2. The van der Waals surface area contributed by atoms with Crippen molar-refractivity contribution in [1.29, 1.82) is 0 Å². The summed E-state index contributed by atoms with van der Waals surface area (Å²) in [6.45, 7) is 2.21. The first-order valence-corrected chi connectivity index (χ1v) is 9.06. The smallest absolute Gasteiger partial charge is 0.247 e. The fraction of sp³-hybridized carbons (Fsp3) is 0.778. The van der Waals surface area contributed by atoms with E-state index in [4.69, 9.17) is 0 Å². The number of amides is 2. The molecule has 0 unspecified atom stereocenters. The zero-order chi connectivity index (χ0) is 15.1. The van der Waals surface area contributed by atoms with Gasteiger partial charge in [-0.25, -0.2) is 16.8 Å². The molecule has 0 radical (unpaired) electrons. The molecule has 1 fully saturated rings. The van der Waals surface area contributed by atoms with Gasteiger partial charge in [-0.2, -0.15) is 4.31 Å². The zero-order valence-electron chi connectivity index (χ0n) is 10.8. The van der Waals surface area contributed by atoms with Crippen molar-refractivity contribution in [2.24, 2.45) is 0 Å². The topological polar surface area (TPSA) is 118 Å². The van der Waals surface area contributed by atoms with E-state index >= 15 is 0 Å². The minimum absolute atomic E-state index is 0.495. The third-order valence-corrected chi connectivity index (χ3v) is 5.95. The summed E-state index contributed by atoms with van der Waals surface area (Å²) in [7, 11) is -7.47. The molecule has 8 nitrogen and oxygen atoms in total. The summed E-state index contributed by atoms with van der Waals surface area (Å²) in [6, 6.07) is 0. The summed E-state index contributed by atoms with van der Waals surface area (Å²) < 4.78 is 46.9. The van der Waals surface area contributed by atoms with Crippen LogP contribution in [0, 0.1) is 0 Å². The lowest BCUT2D eigenvalue weighted by molar-refractivity contribution is -0.141. The standard InChI is InChI=1S/C9H16N2O6S2/c1-9(2)8(13)10-7(12)6-11(9)19(16,17)5-4-18(3,14)15/h4-6H2,1-3H3,(H,10,12,13). The van der Waals surface area contributed by atoms with Gasteiger partial charge >= 0.3 is 0 Å². The highest BCUT2D eigenvalue weighted by atomic mass is 32.2. The van der Waals surface area contributed by atoms with Gasteiger partial charge in [0.1, 0.15) is 15.4 Å². The van der Waals surface area contributed by atoms with Crippen LogP contribution >= 0.6 is 0 Å². The van der Waals surface area contributed by atoms with Gasteiger partial charge in [-0.05, 0) is 13.8 Å². The summed E-state index contributed by atoms with van der Waals surface area (Å²) in [5, 5.41) is 2.04. The lowest BCUT2D eigenvalue weighted by atomic mass is 10.0. The molecule has 0 aromatic heterocycles. The van der Waals surface area contributed by atoms with Crippen LogP contribution in [-0.4, -0.2) is 62.8 Å². The average Bonchev–Trinajstić information content (AvgIpc) is 2.20. The van der Waals surface area contributed by atoms with E-state index in [2.05, 4.69) is 0 Å². The molecule has 0 saturated carbocycles. The van der Waals surface area contributed by atoms with Gasteiger partial charge in [0.05, 0.1) is 18.1 Å². The Balaban J connectivity index is 3.05. The van der Waals surface area contributed by atoms with Crippen LogP contribution in [0.15, 0.2) is 0 Å². The van der Waals surface area contributed by atoms with Gasteiger partial charge in [-0.3, -0.25) is 14.9 Å². The highest BCUT2D eigenvalue weighted by Crippen LogP contribution is 2.22. The Morgan fingerprint density at radius 2 is 1.68 bits per heavy atom. The molecule has 1 rings (SSSR count). The van der Waals surface area contributed by atoms with Crippen LogP contribution in [0.4, 0.5) is 0 Å². The van der Waals surface area contributed by atoms with E-state index in [1.54, 1.807) is 0 Å². The molecular formula is C9H16N2O6S2. The van der Waals surface area contributed by atoms with Gasteiger partial charge in [-0.1, -0.05) is 0 Å². The highest BCUT2D eigenvalue weighted by Gasteiger charge is 2.46. The number of hydrogen-bond acceptors (Lipinski definition) is 6. The molecule has 1 heterocycles. The van der Waals surface area contributed by atoms with Gasteiger partial charge in [0.15, 0.2) is 0 Å². The Bertz CT molecular complexity index is 605. The molecule has 1 aliphatic heterocycles. The molecular weight excluding hydrogens is 296 g/mol. The van der Waals surface area contributed by atoms with Crippen molar-refractivity contribution in [2.75, 3.05) is 24.3 Å². The van der Waals surface area contributed by atoms with Crippen LogP contribution < -0.4 is 5.32 Å². The Hall–Kier alpha value is -1.00. The second-order valence-corrected chi connectivity index (χ2v) is 9.16. The maximum absolute atomic E-state index is 12.1. The van der Waals surface area contributed by atoms with E-state index in [-0.39, 0.29) is 0 Å². The first kappa shape index (κ1) is 16.1. The Labute approximate surface area is 112 Å². The van der Waals surface area contributed by atoms with Crippen molar-refractivity contribution >= 4 is 31.7 Å². The van der Waals surface area contributed by atoms with Gasteiger partial charge in [-0.15, -0.1) is 0 Å². The number of carbonyl (C=O) groups is 2. The van der Waals surface area contributed by atoms with Gasteiger partial charge in [0.2, 0.25) is 21.8 Å². The second kappa shape index (κ2) is 4.84. The lowest BCUT2D eigenvalue weighted by Gasteiger charge is -2.38. The second-order valence-electron chi connectivity index (χ2n) is 4.89. The minimum Gasteiger partial charge on any atom is -0.294 e. The Morgan fingerprint density at radius 1 is 1.16 bits per heavy atom. The minimum atomic E-state index is -4.02. The molecule has 10 heteroatoms. The average molecular weight is 312 g/mol. The lowest BCUT2D eigenvalue weighted by Crippen LogP contribution is -2.65. The van der Waals surface area contributed by atoms with Gasteiger partial charge < -0.3 is 0 Å². The molecule has 0 aromatic carbocycles. The number of sulfonamides is 1. The number of nitrogens with zero attached hydrogens (tertiary/aromatic N) is 1. The van der Waals surface area contributed by atoms with Crippen molar-refractivity contribution in [3.05, 3.63) is 0 Å². The molecule has 2 amide bonds. The van der Waals surface area contributed by atoms with Crippen molar-refractivity contribution in [1.82, 2.24) is 9.62 Å². The maximum atomic E-state index is 12.1. The number of rotatable bonds is 4. The summed E-state index contributed by atoms with van der Waals surface area (Å²) >= 11 is 0. The van der Waals surface area contributed by atoms with Crippen LogP contribution in [0.3, 0.4) is 0 Å². The third-order valence-electron chi connectivity index (χ3n) is 2.77. The van der Waals surface area contributed by atoms with Crippen molar-refractivity contribution in [3.8, 4) is 0 Å². The molecule has 0 aromatic rings. The molecule has 1 N–H and O–H groups in total. The first-order chi connectivity index (χ1) is 8.36. The van der Waals surface area contributed by atoms with E-state index < -0.39 is 55.3 Å². The fourth-order valence-electron chi connectivity index (χ4n) is 1.57. The number of carbonyl (C=O) groups excluding carboxylic acids is 2. The van der Waals surface area contributed by atoms with E-state index in [1.807, 2.05) is 5.32 Å². The number of imide groups is 1. The summed E-state index contributed by atoms with van der Waals surface area (Å²) in [4.78, 5) is 22.9. The number of hydrogen-bond donors (Lipinski definition) is 1. The molecule has 1 aliphatic rings. The first-order valence-electron chi connectivity index (χ1n) is 5.39. The van der Waals surface area contributed by atoms with Crippen LogP contribution in [-0.2, 0) is 29.4 Å². The fourth-order valence-corrected chi connectivity index (χ4v) is 4.94. The van der Waals surface area contributed by atoms with E-state index in [0.717, 1.165) is 10.6 Å². The van der Waals surface area contributed by atoms with E-state index in [1.165, 1.54) is 13.8 Å². The Kier molecular flexibility index (Phi) is 4.09. The monoisotopic (exact) mass is 312 g/mol. The molecule has 19 heavy (non-hydrogen) atoms. The van der Waals surface area contributed by atoms with Gasteiger partial charge in [0, 0.05) is 6.26 Å². The Morgan fingerprint density at radius 3 is 2.16 bits per heavy atom. The molecule has 0 aliphatic carbocycles. The van der Waals surface area contributed by atoms with Crippen molar-refractivity contribution in [2.45, 2.75) is 19.4 Å². The number of nitrogens with one attached hydrogen (secondary N) is 1. The van der Waals surface area contributed by atoms with Crippen molar-refractivity contribution in [3.63, 3.8) is 0 Å².